The summed E-state index contributed by atoms with van der Waals surface area (Å²) in [5.41, 5.74) is 1.06. The number of methoxy groups -OCH3 is 1. The van der Waals surface area contributed by atoms with Gasteiger partial charge in [-0.25, -0.2) is 4.98 Å². The molecule has 2 aromatic carbocycles. The maximum absolute atomic E-state index is 12.8. The largest absolute Gasteiger partial charge is 0.497 e. The maximum atomic E-state index is 12.8. The van der Waals surface area contributed by atoms with Crippen molar-refractivity contribution >= 4 is 44.1 Å². The molecule has 0 N–H and O–H groups in total. The number of thiazole rings is 1. The van der Waals surface area contributed by atoms with Crippen LogP contribution in [0.4, 0.5) is 5.13 Å². The van der Waals surface area contributed by atoms with Crippen molar-refractivity contribution in [1.82, 2.24) is 4.98 Å². The molecule has 1 atom stereocenters. The normalized spacial score (nSPS) is 21.6. The van der Waals surface area contributed by atoms with Gasteiger partial charge in [0, 0.05) is 18.0 Å². The number of fused-ring (bicyclic) bond motifs is 2. The molecule has 2 aliphatic heterocycles. The number of carbonyl (C=O) groups excluding carboxylic acids is 1. The number of halogens is 1. The molecule has 0 saturated carbocycles. The molecule has 138 valence electrons. The van der Waals surface area contributed by atoms with Crippen molar-refractivity contribution in [3.05, 3.63) is 47.0 Å². The molecule has 7 heteroatoms. The van der Waals surface area contributed by atoms with E-state index in [0.29, 0.717) is 35.1 Å². The molecule has 1 saturated heterocycles. The molecule has 1 aromatic heterocycles. The van der Waals surface area contributed by atoms with Crippen molar-refractivity contribution in [2.24, 2.45) is 0 Å². The average Bonchev–Trinajstić information content (AvgIpc) is 3.25. The monoisotopic (exact) mass is 400 g/mol. The number of ether oxygens (including phenoxy) is 2. The summed E-state index contributed by atoms with van der Waals surface area (Å²) in [6, 6.07) is 11.1. The number of anilines is 1. The topological polar surface area (TPSA) is 51.7 Å². The number of aromatic nitrogens is 1. The number of carbonyl (C=O) groups is 1. The highest BCUT2D eigenvalue weighted by Crippen LogP contribution is 2.42. The Kier molecular flexibility index (Phi) is 3.81. The second-order valence-electron chi connectivity index (χ2n) is 7.03. The van der Waals surface area contributed by atoms with Gasteiger partial charge in [0.1, 0.15) is 17.1 Å². The summed E-state index contributed by atoms with van der Waals surface area (Å²) in [6.45, 7) is 1.46. The maximum Gasteiger partial charge on any atom is 0.186 e. The third-order valence-corrected chi connectivity index (χ3v) is 6.54. The number of rotatable bonds is 2. The van der Waals surface area contributed by atoms with Gasteiger partial charge in [0.05, 0.1) is 35.9 Å². The van der Waals surface area contributed by atoms with Crippen LogP contribution in [0.25, 0.3) is 10.2 Å². The van der Waals surface area contributed by atoms with Gasteiger partial charge in [0.2, 0.25) is 0 Å². The number of hydrogen-bond acceptors (Lipinski definition) is 6. The summed E-state index contributed by atoms with van der Waals surface area (Å²) in [5, 5.41) is 1.66. The molecule has 0 radical (unpaired) electrons. The smallest absolute Gasteiger partial charge is 0.186 e. The van der Waals surface area contributed by atoms with Crippen molar-refractivity contribution in [1.29, 1.82) is 0 Å². The van der Waals surface area contributed by atoms with E-state index in [9.17, 15) is 4.79 Å². The Balaban J connectivity index is 1.43. The fourth-order valence-electron chi connectivity index (χ4n) is 3.86. The first-order valence-electron chi connectivity index (χ1n) is 8.77. The van der Waals surface area contributed by atoms with Gasteiger partial charge in [-0.05, 0) is 36.4 Å². The molecule has 5 nitrogen and oxygen atoms in total. The minimum Gasteiger partial charge on any atom is -0.497 e. The predicted molar refractivity (Wildman–Crippen MR) is 107 cm³/mol. The van der Waals surface area contributed by atoms with Crippen molar-refractivity contribution in [3.63, 3.8) is 0 Å². The van der Waals surface area contributed by atoms with Gasteiger partial charge in [0.15, 0.2) is 10.9 Å². The summed E-state index contributed by atoms with van der Waals surface area (Å²) in [7, 11) is 1.59. The summed E-state index contributed by atoms with van der Waals surface area (Å²) < 4.78 is 12.6. The van der Waals surface area contributed by atoms with Gasteiger partial charge in [-0.1, -0.05) is 22.9 Å². The lowest BCUT2D eigenvalue weighted by atomic mass is 9.89. The van der Waals surface area contributed by atoms with E-state index in [1.807, 2.05) is 30.3 Å². The number of hydrogen-bond donors (Lipinski definition) is 0. The van der Waals surface area contributed by atoms with Gasteiger partial charge < -0.3 is 14.4 Å². The minimum atomic E-state index is -0.492. The zero-order chi connectivity index (χ0) is 18.6. The van der Waals surface area contributed by atoms with E-state index >= 15 is 0 Å². The second-order valence-corrected chi connectivity index (χ2v) is 8.47. The zero-order valence-corrected chi connectivity index (χ0v) is 16.3. The van der Waals surface area contributed by atoms with E-state index < -0.39 is 5.60 Å². The third-order valence-electron chi connectivity index (χ3n) is 5.22. The summed E-state index contributed by atoms with van der Waals surface area (Å²) in [5.74, 6) is 1.42. The van der Waals surface area contributed by atoms with E-state index in [-0.39, 0.29) is 5.78 Å². The molecule has 1 unspecified atom stereocenters. The SMILES string of the molecule is COc1ccc2c(c1)C(=O)CC1(CCN(c3nc4ccc(Cl)cc4s3)C1)O2. The number of nitrogens with zero attached hydrogens (tertiary/aromatic N) is 2. The van der Waals surface area contributed by atoms with Crippen molar-refractivity contribution in [2.45, 2.75) is 18.4 Å². The Labute approximate surface area is 165 Å². The molecular formula is C20H17ClN2O3S. The third kappa shape index (κ3) is 2.84. The zero-order valence-electron chi connectivity index (χ0n) is 14.7. The van der Waals surface area contributed by atoms with Gasteiger partial charge in [-0.15, -0.1) is 0 Å². The van der Waals surface area contributed by atoms with Crippen molar-refractivity contribution < 1.29 is 14.3 Å². The average molecular weight is 401 g/mol. The molecule has 0 bridgehead atoms. The first-order chi connectivity index (χ1) is 13.0. The van der Waals surface area contributed by atoms with Gasteiger partial charge in [-0.3, -0.25) is 4.79 Å². The molecule has 3 aromatic rings. The Morgan fingerprint density at radius 2 is 2.19 bits per heavy atom. The Hall–Kier alpha value is -2.31. The van der Waals surface area contributed by atoms with Crippen LogP contribution < -0.4 is 14.4 Å². The molecule has 1 spiro atoms. The standard InChI is InChI=1S/C20H17ClN2O3S/c1-25-13-3-5-17-14(9-13)16(24)10-20(26-17)6-7-23(11-20)19-22-15-4-2-12(21)8-18(15)27-19/h2-5,8-9H,6-7,10-11H2,1H3. The highest BCUT2D eigenvalue weighted by Gasteiger charge is 2.46. The molecule has 3 heterocycles. The van der Waals surface area contributed by atoms with Crippen LogP contribution in [0.2, 0.25) is 5.02 Å². The first-order valence-corrected chi connectivity index (χ1v) is 9.96. The van der Waals surface area contributed by atoms with Crippen LogP contribution in [-0.4, -0.2) is 36.6 Å². The van der Waals surface area contributed by atoms with E-state index in [4.69, 9.17) is 26.1 Å². The summed E-state index contributed by atoms with van der Waals surface area (Å²) >= 11 is 7.71. The highest BCUT2D eigenvalue weighted by atomic mass is 35.5. The Morgan fingerprint density at radius 3 is 3.04 bits per heavy atom. The fraction of sp³-hybridized carbons (Fsp3) is 0.300. The van der Waals surface area contributed by atoms with E-state index in [0.717, 1.165) is 28.3 Å². The van der Waals surface area contributed by atoms with Crippen LogP contribution >= 0.6 is 22.9 Å². The van der Waals surface area contributed by atoms with Crippen LogP contribution in [-0.2, 0) is 0 Å². The predicted octanol–water partition coefficient (Wildman–Crippen LogP) is 4.57. The van der Waals surface area contributed by atoms with E-state index in [1.165, 1.54) is 0 Å². The Bertz CT molecular complexity index is 1070. The lowest BCUT2D eigenvalue weighted by Gasteiger charge is -2.34. The second kappa shape index (κ2) is 6.11. The van der Waals surface area contributed by atoms with E-state index in [2.05, 4.69) is 4.90 Å². The molecular weight excluding hydrogens is 384 g/mol. The number of Topliss-reactive ketones (excluding diaryl/α,β-unsaturated/α-hetero) is 1. The van der Waals surface area contributed by atoms with Crippen LogP contribution in [0.1, 0.15) is 23.2 Å². The molecule has 2 aliphatic rings. The van der Waals surface area contributed by atoms with E-state index in [1.54, 1.807) is 24.5 Å². The molecule has 0 aliphatic carbocycles. The molecule has 27 heavy (non-hydrogen) atoms. The molecule has 5 rings (SSSR count). The van der Waals surface area contributed by atoms with Crippen LogP contribution in [0.15, 0.2) is 36.4 Å². The lowest BCUT2D eigenvalue weighted by Crippen LogP contribution is -2.44. The van der Waals surface area contributed by atoms with Crippen LogP contribution in [0, 0.1) is 0 Å². The van der Waals surface area contributed by atoms with Crippen molar-refractivity contribution in [2.75, 3.05) is 25.1 Å². The van der Waals surface area contributed by atoms with Gasteiger partial charge >= 0.3 is 0 Å². The molecule has 1 fully saturated rings. The minimum absolute atomic E-state index is 0.105. The fourth-order valence-corrected chi connectivity index (χ4v) is 5.12. The molecule has 0 amide bonds. The van der Waals surface area contributed by atoms with Gasteiger partial charge in [-0.2, -0.15) is 0 Å². The van der Waals surface area contributed by atoms with Crippen LogP contribution in [0.5, 0.6) is 11.5 Å². The van der Waals surface area contributed by atoms with Crippen LogP contribution in [0.3, 0.4) is 0 Å². The number of ketones is 1. The summed E-state index contributed by atoms with van der Waals surface area (Å²) in [4.78, 5) is 19.7. The van der Waals surface area contributed by atoms with Crippen molar-refractivity contribution in [3.8, 4) is 11.5 Å². The Morgan fingerprint density at radius 1 is 1.30 bits per heavy atom. The van der Waals surface area contributed by atoms with Gasteiger partial charge in [0.25, 0.3) is 0 Å². The lowest BCUT2D eigenvalue weighted by molar-refractivity contribution is 0.0537. The highest BCUT2D eigenvalue weighted by molar-refractivity contribution is 7.22. The first kappa shape index (κ1) is 16.8. The number of benzene rings is 2. The summed E-state index contributed by atoms with van der Waals surface area (Å²) in [6.07, 6.45) is 1.17. The quantitative estimate of drug-likeness (QED) is 0.630.